The highest BCUT2D eigenvalue weighted by Crippen LogP contribution is 2.27. The molecule has 0 radical (unpaired) electrons. The number of esters is 2. The third-order valence-corrected chi connectivity index (χ3v) is 5.93. The first kappa shape index (κ1) is 27.2. The molecule has 0 N–H and O–H groups in total. The van der Waals surface area contributed by atoms with Gasteiger partial charge >= 0.3 is 11.9 Å². The summed E-state index contributed by atoms with van der Waals surface area (Å²) < 4.78 is 10.9. The Morgan fingerprint density at radius 1 is 0.677 bits per heavy atom. The largest absolute Gasteiger partial charge is 0.423 e. The maximum atomic E-state index is 12.2. The van der Waals surface area contributed by atoms with Crippen LogP contribution in [-0.4, -0.2) is 11.9 Å². The minimum Gasteiger partial charge on any atom is -0.423 e. The average Bonchev–Trinajstić information content (AvgIpc) is 2.77. The van der Waals surface area contributed by atoms with E-state index in [0.29, 0.717) is 24.3 Å². The summed E-state index contributed by atoms with van der Waals surface area (Å²) in [5, 5.41) is 0. The Morgan fingerprint density at radius 2 is 1.13 bits per heavy atom. The normalized spacial score (nSPS) is 11.0. The topological polar surface area (TPSA) is 52.6 Å². The molecule has 0 unspecified atom stereocenters. The Labute approximate surface area is 190 Å². The van der Waals surface area contributed by atoms with Gasteiger partial charge in [-0.3, -0.25) is 9.59 Å². The van der Waals surface area contributed by atoms with Gasteiger partial charge in [0.25, 0.3) is 0 Å². The lowest BCUT2D eigenvalue weighted by atomic mass is 9.96. The molecule has 4 heteroatoms. The zero-order chi connectivity index (χ0) is 22.7. The maximum absolute atomic E-state index is 12.2. The van der Waals surface area contributed by atoms with Gasteiger partial charge in [-0.15, -0.1) is 0 Å². The van der Waals surface area contributed by atoms with Gasteiger partial charge < -0.3 is 9.47 Å². The average molecular weight is 433 g/mol. The second-order valence-corrected chi connectivity index (χ2v) is 8.55. The molecule has 0 amide bonds. The first-order chi connectivity index (χ1) is 15.1. The highest BCUT2D eigenvalue weighted by molar-refractivity contribution is 5.76. The van der Waals surface area contributed by atoms with Crippen LogP contribution in [0.5, 0.6) is 11.5 Å². The Bertz CT molecular complexity index is 607. The fourth-order valence-corrected chi connectivity index (χ4v) is 3.77. The number of carbonyl (C=O) groups excluding carboxylic acids is 2. The fraction of sp³-hybridized carbons (Fsp3) is 0.704. The molecule has 4 nitrogen and oxygen atoms in total. The minimum atomic E-state index is -0.270. The predicted molar refractivity (Wildman–Crippen MR) is 127 cm³/mol. The van der Waals surface area contributed by atoms with E-state index in [-0.39, 0.29) is 11.9 Å². The van der Waals surface area contributed by atoms with E-state index in [4.69, 9.17) is 9.47 Å². The summed E-state index contributed by atoms with van der Waals surface area (Å²) in [5.41, 5.74) is 0. The van der Waals surface area contributed by atoms with Gasteiger partial charge in [0.2, 0.25) is 0 Å². The number of benzene rings is 1. The second kappa shape index (κ2) is 17.8. The molecule has 0 aliphatic heterocycles. The van der Waals surface area contributed by atoms with E-state index in [1.165, 1.54) is 51.4 Å². The first-order valence-corrected chi connectivity index (χ1v) is 12.6. The van der Waals surface area contributed by atoms with Crippen LogP contribution in [-0.2, 0) is 9.59 Å². The van der Waals surface area contributed by atoms with Crippen LogP contribution in [0.2, 0.25) is 0 Å². The second-order valence-electron chi connectivity index (χ2n) is 8.55. The molecular weight excluding hydrogens is 388 g/mol. The molecule has 31 heavy (non-hydrogen) atoms. The van der Waals surface area contributed by atoms with Crippen molar-refractivity contribution in [3.8, 4) is 11.5 Å². The molecule has 1 aromatic carbocycles. The number of hydrogen-bond donors (Lipinski definition) is 0. The van der Waals surface area contributed by atoms with E-state index < -0.39 is 0 Å². The van der Waals surface area contributed by atoms with Crippen molar-refractivity contribution in [3.05, 3.63) is 24.3 Å². The van der Waals surface area contributed by atoms with Crippen LogP contribution in [0.4, 0.5) is 0 Å². The Morgan fingerprint density at radius 3 is 1.61 bits per heavy atom. The van der Waals surface area contributed by atoms with Crippen LogP contribution in [0.25, 0.3) is 0 Å². The highest BCUT2D eigenvalue weighted by Gasteiger charge is 2.13. The van der Waals surface area contributed by atoms with Crippen molar-refractivity contribution >= 4 is 11.9 Å². The van der Waals surface area contributed by atoms with Crippen LogP contribution < -0.4 is 9.47 Å². The first-order valence-electron chi connectivity index (χ1n) is 12.6. The zero-order valence-electron chi connectivity index (χ0n) is 20.1. The number of hydrogen-bond acceptors (Lipinski definition) is 4. The van der Waals surface area contributed by atoms with Crippen LogP contribution >= 0.6 is 0 Å². The summed E-state index contributed by atoms with van der Waals surface area (Å²) in [6.07, 6.45) is 15.6. The highest BCUT2D eigenvalue weighted by atomic mass is 16.6. The maximum Gasteiger partial charge on any atom is 0.311 e. The number of para-hydroxylation sites is 2. The molecule has 0 heterocycles. The fourth-order valence-electron chi connectivity index (χ4n) is 3.77. The SMILES string of the molecule is CCCCCCCC(=O)Oc1ccccc1OC(=O)CCCCCCCC(CC)CC. The molecule has 0 aliphatic carbocycles. The molecule has 0 spiro atoms. The number of carbonyl (C=O) groups is 2. The van der Waals surface area contributed by atoms with Crippen molar-refractivity contribution in [3.63, 3.8) is 0 Å². The van der Waals surface area contributed by atoms with Crippen molar-refractivity contribution in [1.29, 1.82) is 0 Å². The van der Waals surface area contributed by atoms with Crippen molar-refractivity contribution < 1.29 is 19.1 Å². The van der Waals surface area contributed by atoms with Crippen LogP contribution in [0.1, 0.15) is 117 Å². The summed E-state index contributed by atoms with van der Waals surface area (Å²) in [6, 6.07) is 6.92. The van der Waals surface area contributed by atoms with E-state index in [1.807, 2.05) is 0 Å². The van der Waals surface area contributed by atoms with Crippen LogP contribution in [0.3, 0.4) is 0 Å². The number of rotatable bonds is 18. The van der Waals surface area contributed by atoms with Crippen LogP contribution in [0.15, 0.2) is 24.3 Å². The number of unbranched alkanes of at least 4 members (excludes halogenated alkanes) is 8. The molecule has 0 atom stereocenters. The molecule has 0 saturated heterocycles. The third kappa shape index (κ3) is 13.2. The van der Waals surface area contributed by atoms with Gasteiger partial charge in [-0.2, -0.15) is 0 Å². The molecule has 0 fully saturated rings. The van der Waals surface area contributed by atoms with Crippen molar-refractivity contribution in [1.82, 2.24) is 0 Å². The summed E-state index contributed by atoms with van der Waals surface area (Å²) >= 11 is 0. The molecular formula is C27H44O4. The Balaban J connectivity index is 2.26. The van der Waals surface area contributed by atoms with Gasteiger partial charge in [0.05, 0.1) is 0 Å². The predicted octanol–water partition coefficient (Wildman–Crippen LogP) is 8.02. The Kier molecular flexibility index (Phi) is 15.6. The lowest BCUT2D eigenvalue weighted by molar-refractivity contribution is -0.137. The lowest BCUT2D eigenvalue weighted by Crippen LogP contribution is -2.12. The van der Waals surface area contributed by atoms with E-state index in [1.54, 1.807) is 24.3 Å². The molecule has 0 bridgehead atoms. The molecule has 0 aliphatic rings. The Hall–Kier alpha value is -1.84. The lowest BCUT2D eigenvalue weighted by Gasteiger charge is -2.11. The van der Waals surface area contributed by atoms with Crippen molar-refractivity contribution in [2.24, 2.45) is 5.92 Å². The molecule has 0 aromatic heterocycles. The van der Waals surface area contributed by atoms with Gasteiger partial charge in [0.15, 0.2) is 11.5 Å². The van der Waals surface area contributed by atoms with Gasteiger partial charge in [0.1, 0.15) is 0 Å². The zero-order valence-corrected chi connectivity index (χ0v) is 20.1. The third-order valence-electron chi connectivity index (χ3n) is 5.93. The summed E-state index contributed by atoms with van der Waals surface area (Å²) in [4.78, 5) is 24.3. The quantitative estimate of drug-likeness (QED) is 0.134. The summed E-state index contributed by atoms with van der Waals surface area (Å²) in [6.45, 7) is 6.71. The summed E-state index contributed by atoms with van der Waals surface area (Å²) in [5.74, 6) is 0.992. The van der Waals surface area contributed by atoms with Gasteiger partial charge in [0, 0.05) is 12.8 Å². The standard InChI is InChI=1S/C27H44O4/c1-4-7-8-10-14-21-26(28)30-24-19-16-17-20-25(24)31-27(29)22-15-12-9-11-13-18-23(5-2)6-3/h16-17,19-20,23H,4-15,18,21-22H2,1-3H3. The molecule has 0 saturated carbocycles. The van der Waals surface area contributed by atoms with Gasteiger partial charge in [-0.25, -0.2) is 0 Å². The van der Waals surface area contributed by atoms with Gasteiger partial charge in [-0.1, -0.05) is 104 Å². The van der Waals surface area contributed by atoms with E-state index >= 15 is 0 Å². The van der Waals surface area contributed by atoms with Crippen molar-refractivity contribution in [2.75, 3.05) is 0 Å². The molecule has 176 valence electrons. The minimum absolute atomic E-state index is 0.264. The van der Waals surface area contributed by atoms with Crippen LogP contribution in [0, 0.1) is 5.92 Å². The number of ether oxygens (including phenoxy) is 2. The summed E-state index contributed by atoms with van der Waals surface area (Å²) in [7, 11) is 0. The van der Waals surface area contributed by atoms with E-state index in [2.05, 4.69) is 20.8 Å². The van der Waals surface area contributed by atoms with E-state index in [9.17, 15) is 9.59 Å². The van der Waals surface area contributed by atoms with Crippen molar-refractivity contribution in [2.45, 2.75) is 117 Å². The van der Waals surface area contributed by atoms with E-state index in [0.717, 1.165) is 38.0 Å². The van der Waals surface area contributed by atoms with Gasteiger partial charge in [-0.05, 0) is 30.9 Å². The monoisotopic (exact) mass is 432 g/mol. The molecule has 1 aromatic rings. The molecule has 1 rings (SSSR count). The smallest absolute Gasteiger partial charge is 0.311 e.